The molecule has 0 aliphatic carbocycles. The van der Waals surface area contributed by atoms with Crippen LogP contribution in [0.5, 0.6) is 0 Å². The number of nitrogens with one attached hydrogen (secondary N) is 1. The van der Waals surface area contributed by atoms with Crippen LogP contribution in [0.15, 0.2) is 48.5 Å². The van der Waals surface area contributed by atoms with Crippen LogP contribution in [0.4, 0.5) is 5.69 Å². The summed E-state index contributed by atoms with van der Waals surface area (Å²) in [5.41, 5.74) is 1.89. The summed E-state index contributed by atoms with van der Waals surface area (Å²) in [6.45, 7) is 5.29. The lowest BCUT2D eigenvalue weighted by Crippen LogP contribution is -2.47. The lowest BCUT2D eigenvalue weighted by Gasteiger charge is -2.36. The second kappa shape index (κ2) is 9.94. The number of hydrogen-bond donors (Lipinski definition) is 1. The Balaban J connectivity index is 1.37. The van der Waals surface area contributed by atoms with Gasteiger partial charge in [0.25, 0.3) is 0 Å². The summed E-state index contributed by atoms with van der Waals surface area (Å²) in [6, 6.07) is 15.3. The van der Waals surface area contributed by atoms with Crippen molar-refractivity contribution >= 4 is 38.9 Å². The summed E-state index contributed by atoms with van der Waals surface area (Å²) in [4.78, 5) is 4.77. The first kappa shape index (κ1) is 21.4. The third kappa shape index (κ3) is 6.36. The number of benzene rings is 2. The van der Waals surface area contributed by atoms with Crippen molar-refractivity contribution in [2.45, 2.75) is 12.2 Å². The fraction of sp³-hybridized carbons (Fsp3) is 0.400. The smallest absolute Gasteiger partial charge is 0.215 e. The van der Waals surface area contributed by atoms with E-state index in [0.29, 0.717) is 22.2 Å². The standard InChI is InChI=1S/C20H25Cl2N3O2S/c21-19-8-7-17(15-20(19)22)16-28(26,27)23-9-4-10-24-11-13-25(14-12-24)18-5-2-1-3-6-18/h1-3,5-8,15,23H,4,9-14,16H2. The van der Waals surface area contributed by atoms with Crippen molar-refractivity contribution in [1.29, 1.82) is 0 Å². The van der Waals surface area contributed by atoms with Gasteiger partial charge in [-0.05, 0) is 42.8 Å². The van der Waals surface area contributed by atoms with Crippen LogP contribution in [0.1, 0.15) is 12.0 Å². The Bertz CT molecular complexity index is 870. The van der Waals surface area contributed by atoms with E-state index in [2.05, 4.69) is 38.8 Å². The molecule has 2 aromatic rings. The summed E-state index contributed by atoms with van der Waals surface area (Å²) >= 11 is 11.8. The van der Waals surface area contributed by atoms with Gasteiger partial charge in [0.2, 0.25) is 10.0 Å². The molecule has 5 nitrogen and oxygen atoms in total. The maximum atomic E-state index is 12.2. The van der Waals surface area contributed by atoms with Crippen molar-refractivity contribution in [3.05, 3.63) is 64.1 Å². The average Bonchev–Trinajstić information content (AvgIpc) is 2.69. The molecule has 0 unspecified atom stereocenters. The number of hydrogen-bond acceptors (Lipinski definition) is 4. The number of sulfonamides is 1. The quantitative estimate of drug-likeness (QED) is 0.635. The summed E-state index contributed by atoms with van der Waals surface area (Å²) in [6.07, 6.45) is 0.784. The van der Waals surface area contributed by atoms with Gasteiger partial charge in [0, 0.05) is 38.4 Å². The molecule has 2 aromatic carbocycles. The third-order valence-electron chi connectivity index (χ3n) is 4.81. The largest absolute Gasteiger partial charge is 0.369 e. The molecular formula is C20H25Cl2N3O2S. The van der Waals surface area contributed by atoms with Gasteiger partial charge in [-0.2, -0.15) is 0 Å². The number of rotatable bonds is 8. The SMILES string of the molecule is O=S(=O)(Cc1ccc(Cl)c(Cl)c1)NCCCN1CCN(c2ccccc2)CC1. The lowest BCUT2D eigenvalue weighted by atomic mass is 10.2. The normalized spacial score (nSPS) is 15.7. The minimum absolute atomic E-state index is 0.0976. The zero-order valence-electron chi connectivity index (χ0n) is 15.7. The molecule has 0 amide bonds. The van der Waals surface area contributed by atoms with Crippen molar-refractivity contribution in [2.24, 2.45) is 0 Å². The molecule has 1 heterocycles. The van der Waals surface area contributed by atoms with E-state index in [4.69, 9.17) is 23.2 Å². The van der Waals surface area contributed by atoms with E-state index in [-0.39, 0.29) is 5.75 Å². The molecule has 0 atom stereocenters. The van der Waals surface area contributed by atoms with Crippen LogP contribution in [0, 0.1) is 0 Å². The zero-order valence-corrected chi connectivity index (χ0v) is 18.0. The van der Waals surface area contributed by atoms with Gasteiger partial charge in [0.05, 0.1) is 15.8 Å². The van der Waals surface area contributed by atoms with E-state index in [1.165, 1.54) is 5.69 Å². The van der Waals surface area contributed by atoms with Crippen molar-refractivity contribution in [1.82, 2.24) is 9.62 Å². The Morgan fingerprint density at radius 3 is 2.32 bits per heavy atom. The van der Waals surface area contributed by atoms with Gasteiger partial charge in [-0.1, -0.05) is 47.5 Å². The summed E-state index contributed by atoms with van der Waals surface area (Å²) in [5, 5.41) is 0.784. The minimum atomic E-state index is -3.39. The molecule has 1 fully saturated rings. The third-order valence-corrected chi connectivity index (χ3v) is 6.90. The molecule has 3 rings (SSSR count). The van der Waals surface area contributed by atoms with Crippen molar-refractivity contribution in [2.75, 3.05) is 44.2 Å². The van der Waals surface area contributed by atoms with E-state index in [9.17, 15) is 8.42 Å². The molecule has 0 spiro atoms. The lowest BCUT2D eigenvalue weighted by molar-refractivity contribution is 0.255. The Morgan fingerprint density at radius 1 is 0.929 bits per heavy atom. The number of para-hydroxylation sites is 1. The van der Waals surface area contributed by atoms with E-state index in [1.54, 1.807) is 18.2 Å². The highest BCUT2D eigenvalue weighted by Crippen LogP contribution is 2.23. The molecule has 28 heavy (non-hydrogen) atoms. The molecule has 1 saturated heterocycles. The second-order valence-electron chi connectivity index (χ2n) is 6.92. The highest BCUT2D eigenvalue weighted by molar-refractivity contribution is 7.88. The van der Waals surface area contributed by atoms with Gasteiger partial charge in [-0.15, -0.1) is 0 Å². The summed E-state index contributed by atoms with van der Waals surface area (Å²) in [7, 11) is -3.39. The number of piperazine rings is 1. The average molecular weight is 442 g/mol. The maximum Gasteiger partial charge on any atom is 0.215 e. The van der Waals surface area contributed by atoms with Gasteiger partial charge in [-0.25, -0.2) is 13.1 Å². The molecule has 0 bridgehead atoms. The van der Waals surface area contributed by atoms with Crippen molar-refractivity contribution in [3.8, 4) is 0 Å². The monoisotopic (exact) mass is 441 g/mol. The Hall–Kier alpha value is -1.31. The highest BCUT2D eigenvalue weighted by atomic mass is 35.5. The first-order valence-corrected chi connectivity index (χ1v) is 11.8. The van der Waals surface area contributed by atoms with Crippen LogP contribution < -0.4 is 9.62 Å². The maximum absolute atomic E-state index is 12.2. The molecule has 152 valence electrons. The van der Waals surface area contributed by atoms with Crippen LogP contribution in [0.3, 0.4) is 0 Å². The fourth-order valence-electron chi connectivity index (χ4n) is 3.30. The van der Waals surface area contributed by atoms with Crippen LogP contribution in [-0.4, -0.2) is 52.6 Å². The van der Waals surface area contributed by atoms with Crippen molar-refractivity contribution in [3.63, 3.8) is 0 Å². The molecule has 0 aromatic heterocycles. The fourth-order valence-corrected chi connectivity index (χ4v) is 4.80. The number of halogens is 2. The molecule has 0 radical (unpaired) electrons. The van der Waals surface area contributed by atoms with E-state index < -0.39 is 10.0 Å². The van der Waals surface area contributed by atoms with Gasteiger partial charge in [0.1, 0.15) is 0 Å². The Morgan fingerprint density at radius 2 is 1.64 bits per heavy atom. The van der Waals surface area contributed by atoms with E-state index in [1.807, 2.05) is 6.07 Å². The first-order valence-electron chi connectivity index (χ1n) is 9.36. The second-order valence-corrected chi connectivity index (χ2v) is 9.54. The van der Waals surface area contributed by atoms with Gasteiger partial charge < -0.3 is 4.90 Å². The number of nitrogens with zero attached hydrogens (tertiary/aromatic N) is 2. The first-order chi connectivity index (χ1) is 13.4. The van der Waals surface area contributed by atoms with Gasteiger partial charge >= 0.3 is 0 Å². The summed E-state index contributed by atoms with van der Waals surface area (Å²) < 4.78 is 27.2. The topological polar surface area (TPSA) is 52.7 Å². The Labute approximate surface area is 177 Å². The Kier molecular flexibility index (Phi) is 7.60. The van der Waals surface area contributed by atoms with Gasteiger partial charge in [-0.3, -0.25) is 4.90 Å². The van der Waals surface area contributed by atoms with E-state index >= 15 is 0 Å². The molecule has 1 aliphatic heterocycles. The summed E-state index contributed by atoms with van der Waals surface area (Å²) in [5.74, 6) is -0.0976. The molecule has 1 aliphatic rings. The molecule has 0 saturated carbocycles. The zero-order chi connectivity index (χ0) is 20.0. The van der Waals surface area contributed by atoms with Crippen LogP contribution >= 0.6 is 23.2 Å². The van der Waals surface area contributed by atoms with Crippen LogP contribution in [-0.2, 0) is 15.8 Å². The van der Waals surface area contributed by atoms with Crippen molar-refractivity contribution < 1.29 is 8.42 Å². The highest BCUT2D eigenvalue weighted by Gasteiger charge is 2.17. The number of anilines is 1. The van der Waals surface area contributed by atoms with Crippen LogP contribution in [0.2, 0.25) is 10.0 Å². The van der Waals surface area contributed by atoms with E-state index in [0.717, 1.165) is 39.1 Å². The minimum Gasteiger partial charge on any atom is -0.369 e. The molecule has 1 N–H and O–H groups in total. The molecular weight excluding hydrogens is 417 g/mol. The van der Waals surface area contributed by atoms with Crippen LogP contribution in [0.25, 0.3) is 0 Å². The molecule has 8 heteroatoms. The van der Waals surface area contributed by atoms with Gasteiger partial charge in [0.15, 0.2) is 0 Å². The predicted octanol–water partition coefficient (Wildman–Crippen LogP) is 3.63. The predicted molar refractivity (Wildman–Crippen MR) is 117 cm³/mol.